The van der Waals surface area contributed by atoms with E-state index in [1.54, 1.807) is 18.2 Å². The lowest BCUT2D eigenvalue weighted by atomic mass is 9.97. The summed E-state index contributed by atoms with van der Waals surface area (Å²) < 4.78 is 25.5. The van der Waals surface area contributed by atoms with Crippen molar-refractivity contribution >= 4 is 44.8 Å². The van der Waals surface area contributed by atoms with Crippen molar-refractivity contribution in [2.75, 3.05) is 24.2 Å². The van der Waals surface area contributed by atoms with Crippen molar-refractivity contribution < 1.29 is 13.2 Å². The molecule has 5 nitrogen and oxygen atoms in total. The maximum absolute atomic E-state index is 12.3. The van der Waals surface area contributed by atoms with Crippen molar-refractivity contribution in [2.24, 2.45) is 5.92 Å². The first-order valence-electron chi connectivity index (χ1n) is 7.56. The van der Waals surface area contributed by atoms with E-state index in [0.717, 1.165) is 0 Å². The molecule has 0 radical (unpaired) electrons. The maximum Gasteiger partial charge on any atom is 0.227 e. The molecule has 0 spiro atoms. The number of carbonyl (C=O) groups excluding carboxylic acids is 1. The Kier molecular flexibility index (Phi) is 6.31. The van der Waals surface area contributed by atoms with Gasteiger partial charge in [-0.1, -0.05) is 30.1 Å². The highest BCUT2D eigenvalue weighted by Crippen LogP contribution is 2.25. The van der Waals surface area contributed by atoms with Crippen molar-refractivity contribution in [2.45, 2.75) is 26.2 Å². The van der Waals surface area contributed by atoms with Gasteiger partial charge in [-0.25, -0.2) is 12.7 Å². The van der Waals surface area contributed by atoms with E-state index in [2.05, 4.69) is 5.32 Å². The Hall–Kier alpha value is -0.820. The molecule has 2 rings (SSSR count). The molecule has 0 unspecified atom stereocenters. The van der Waals surface area contributed by atoms with Gasteiger partial charge in [-0.15, -0.1) is 0 Å². The SMILES string of the molecule is CCCS(=O)(=O)N1CCC(C(=O)Nc2cc(Cl)cc(Cl)c2)CC1. The molecule has 0 bridgehead atoms. The molecule has 1 amide bonds. The van der Waals surface area contributed by atoms with Crippen molar-refractivity contribution in [3.63, 3.8) is 0 Å². The molecule has 8 heteroatoms. The predicted octanol–water partition coefficient (Wildman–Crippen LogP) is 3.38. The Morgan fingerprint density at radius 3 is 2.30 bits per heavy atom. The summed E-state index contributed by atoms with van der Waals surface area (Å²) in [5.41, 5.74) is 0.550. The highest BCUT2D eigenvalue weighted by molar-refractivity contribution is 7.89. The predicted molar refractivity (Wildman–Crippen MR) is 93.5 cm³/mol. The number of benzene rings is 1. The van der Waals surface area contributed by atoms with Gasteiger partial charge < -0.3 is 5.32 Å². The van der Waals surface area contributed by atoms with Crippen LogP contribution in [0.2, 0.25) is 10.0 Å². The molecule has 1 N–H and O–H groups in total. The summed E-state index contributed by atoms with van der Waals surface area (Å²) >= 11 is 11.8. The number of nitrogens with one attached hydrogen (secondary N) is 1. The number of amides is 1. The van der Waals surface area contributed by atoms with Crippen LogP contribution in [0.3, 0.4) is 0 Å². The lowest BCUT2D eigenvalue weighted by Gasteiger charge is -2.30. The molecule has 0 aromatic heterocycles. The zero-order chi connectivity index (χ0) is 17.0. The van der Waals surface area contributed by atoms with E-state index in [9.17, 15) is 13.2 Å². The third-order valence-corrected chi connectivity index (χ3v) is 6.32. The average Bonchev–Trinajstić information content (AvgIpc) is 2.46. The minimum Gasteiger partial charge on any atom is -0.326 e. The normalized spacial score (nSPS) is 17.2. The summed E-state index contributed by atoms with van der Waals surface area (Å²) in [6, 6.07) is 4.86. The lowest BCUT2D eigenvalue weighted by molar-refractivity contribution is -0.120. The first kappa shape index (κ1) is 18.5. The fourth-order valence-corrected chi connectivity index (χ4v) is 4.72. The topological polar surface area (TPSA) is 66.5 Å². The smallest absolute Gasteiger partial charge is 0.227 e. The fraction of sp³-hybridized carbons (Fsp3) is 0.533. The summed E-state index contributed by atoms with van der Waals surface area (Å²) in [6.07, 6.45) is 1.63. The largest absolute Gasteiger partial charge is 0.326 e. The molecule has 1 aliphatic heterocycles. The number of hydrogen-bond donors (Lipinski definition) is 1. The number of halogens is 2. The van der Waals surface area contributed by atoms with E-state index >= 15 is 0 Å². The maximum atomic E-state index is 12.3. The van der Waals surface area contributed by atoms with Crippen molar-refractivity contribution in [1.82, 2.24) is 4.31 Å². The molecule has 1 fully saturated rings. The quantitative estimate of drug-likeness (QED) is 0.853. The zero-order valence-corrected chi connectivity index (χ0v) is 15.2. The van der Waals surface area contributed by atoms with Gasteiger partial charge in [0.15, 0.2) is 0 Å². The number of rotatable bonds is 5. The molecule has 128 valence electrons. The summed E-state index contributed by atoms with van der Waals surface area (Å²) in [5, 5.41) is 3.70. The minimum atomic E-state index is -3.19. The van der Waals surface area contributed by atoms with E-state index < -0.39 is 10.0 Å². The molecule has 1 aliphatic rings. The van der Waals surface area contributed by atoms with E-state index in [-0.39, 0.29) is 17.6 Å². The van der Waals surface area contributed by atoms with Gasteiger partial charge in [0.05, 0.1) is 5.75 Å². The highest BCUT2D eigenvalue weighted by atomic mass is 35.5. The second-order valence-corrected chi connectivity index (χ2v) is 8.60. The Bertz CT molecular complexity index is 651. The van der Waals surface area contributed by atoms with Crippen LogP contribution < -0.4 is 5.32 Å². The van der Waals surface area contributed by atoms with Crippen LogP contribution in [0, 0.1) is 5.92 Å². The minimum absolute atomic E-state index is 0.129. The van der Waals surface area contributed by atoms with Crippen LogP contribution in [-0.2, 0) is 14.8 Å². The molecule has 23 heavy (non-hydrogen) atoms. The number of hydrogen-bond acceptors (Lipinski definition) is 3. The molecule has 1 aromatic rings. The van der Waals surface area contributed by atoms with Gasteiger partial charge in [-0.2, -0.15) is 0 Å². The van der Waals surface area contributed by atoms with Crippen LogP contribution >= 0.6 is 23.2 Å². The van der Waals surface area contributed by atoms with Crippen LogP contribution in [0.1, 0.15) is 26.2 Å². The van der Waals surface area contributed by atoms with E-state index in [1.165, 1.54) is 4.31 Å². The second kappa shape index (κ2) is 7.83. The van der Waals surface area contributed by atoms with Gasteiger partial charge in [-0.05, 0) is 37.5 Å². The van der Waals surface area contributed by atoms with Gasteiger partial charge in [0, 0.05) is 34.7 Å². The Morgan fingerprint density at radius 2 is 1.78 bits per heavy atom. The number of sulfonamides is 1. The monoisotopic (exact) mass is 378 g/mol. The van der Waals surface area contributed by atoms with Crippen LogP contribution in [0.15, 0.2) is 18.2 Å². The van der Waals surface area contributed by atoms with Gasteiger partial charge in [0.25, 0.3) is 0 Å². The molecular weight excluding hydrogens is 359 g/mol. The van der Waals surface area contributed by atoms with Gasteiger partial charge >= 0.3 is 0 Å². The Morgan fingerprint density at radius 1 is 1.22 bits per heavy atom. The molecular formula is C15H20Cl2N2O3S. The summed E-state index contributed by atoms with van der Waals surface area (Å²) in [4.78, 5) is 12.3. The van der Waals surface area contributed by atoms with E-state index in [4.69, 9.17) is 23.2 Å². The molecule has 1 aromatic carbocycles. The third-order valence-electron chi connectivity index (χ3n) is 3.81. The third kappa shape index (κ3) is 5.08. The van der Waals surface area contributed by atoms with Gasteiger partial charge in [0.1, 0.15) is 0 Å². The number of anilines is 1. The van der Waals surface area contributed by atoms with Crippen molar-refractivity contribution in [1.29, 1.82) is 0 Å². The summed E-state index contributed by atoms with van der Waals surface area (Å²) in [6.45, 7) is 2.61. The first-order chi connectivity index (χ1) is 10.8. The molecule has 0 saturated carbocycles. The highest BCUT2D eigenvalue weighted by Gasteiger charge is 2.30. The fourth-order valence-electron chi connectivity index (χ4n) is 2.65. The number of nitrogens with zero attached hydrogens (tertiary/aromatic N) is 1. The van der Waals surface area contributed by atoms with Crippen LogP contribution in [0.5, 0.6) is 0 Å². The zero-order valence-electron chi connectivity index (χ0n) is 12.9. The lowest BCUT2D eigenvalue weighted by Crippen LogP contribution is -2.42. The molecule has 1 heterocycles. The summed E-state index contributed by atoms with van der Waals surface area (Å²) in [7, 11) is -3.19. The Balaban J connectivity index is 1.93. The number of carbonyl (C=O) groups is 1. The average molecular weight is 379 g/mol. The summed E-state index contributed by atoms with van der Waals surface area (Å²) in [5.74, 6) is -0.179. The van der Waals surface area contributed by atoms with E-state index in [1.807, 2.05) is 6.92 Å². The first-order valence-corrected chi connectivity index (χ1v) is 9.93. The van der Waals surface area contributed by atoms with Crippen molar-refractivity contribution in [3.05, 3.63) is 28.2 Å². The second-order valence-electron chi connectivity index (χ2n) is 5.64. The Labute approximate surface area is 147 Å². The van der Waals surface area contributed by atoms with Gasteiger partial charge in [0.2, 0.25) is 15.9 Å². The molecule has 0 aliphatic carbocycles. The van der Waals surface area contributed by atoms with Crippen LogP contribution in [-0.4, -0.2) is 37.5 Å². The standard InChI is InChI=1S/C15H20Cl2N2O3S/c1-2-7-23(21,22)19-5-3-11(4-6-19)15(20)18-14-9-12(16)8-13(17)10-14/h8-11H,2-7H2,1H3,(H,18,20). The van der Waals surface area contributed by atoms with Gasteiger partial charge in [-0.3, -0.25) is 4.79 Å². The molecule has 1 saturated heterocycles. The van der Waals surface area contributed by atoms with E-state index in [0.29, 0.717) is 48.1 Å². The van der Waals surface area contributed by atoms with Crippen LogP contribution in [0.4, 0.5) is 5.69 Å². The number of piperidine rings is 1. The molecule has 0 atom stereocenters. The van der Waals surface area contributed by atoms with Crippen molar-refractivity contribution in [3.8, 4) is 0 Å². The van der Waals surface area contributed by atoms with Crippen LogP contribution in [0.25, 0.3) is 0 Å².